The number of hydrogen-bond donors (Lipinski definition) is 1. The lowest BCUT2D eigenvalue weighted by atomic mass is 10.1. The van der Waals surface area contributed by atoms with Gasteiger partial charge in [-0.25, -0.2) is 4.39 Å². The van der Waals surface area contributed by atoms with Gasteiger partial charge in [-0.1, -0.05) is 30.3 Å². The molecule has 2 heteroatoms. The average Bonchev–Trinajstić information content (AvgIpc) is 2.07. The summed E-state index contributed by atoms with van der Waals surface area (Å²) in [5.74, 6) is 0. The molecule has 0 radical (unpaired) electrons. The van der Waals surface area contributed by atoms with Crippen LogP contribution in [-0.4, -0.2) is 5.11 Å². The summed E-state index contributed by atoms with van der Waals surface area (Å²) in [5.41, 5.74) is 0.554. The van der Waals surface area contributed by atoms with Crippen LogP contribution in [0.5, 0.6) is 0 Å². The second-order valence-electron chi connectivity index (χ2n) is 2.15. The minimum Gasteiger partial charge on any atom is -0.516 e. The van der Waals surface area contributed by atoms with E-state index >= 15 is 0 Å². The van der Waals surface area contributed by atoms with Gasteiger partial charge in [0, 0.05) is 0 Å². The monoisotopic (exact) mass is 152 g/mol. The van der Waals surface area contributed by atoms with E-state index in [1.807, 2.05) is 6.07 Å². The summed E-state index contributed by atoms with van der Waals surface area (Å²) in [6.45, 7) is 0. The van der Waals surface area contributed by atoms with Crippen molar-refractivity contribution in [3.8, 4) is 0 Å². The Morgan fingerprint density at radius 1 is 1.27 bits per heavy atom. The SMILES string of the molecule is OC=CC(F)c1ccccc1. The lowest BCUT2D eigenvalue weighted by Crippen LogP contribution is -1.84. The van der Waals surface area contributed by atoms with Crippen LogP contribution in [-0.2, 0) is 0 Å². The molecular weight excluding hydrogens is 143 g/mol. The van der Waals surface area contributed by atoms with Gasteiger partial charge < -0.3 is 5.11 Å². The van der Waals surface area contributed by atoms with E-state index in [2.05, 4.69) is 0 Å². The zero-order valence-electron chi connectivity index (χ0n) is 5.94. The van der Waals surface area contributed by atoms with E-state index in [1.54, 1.807) is 24.3 Å². The molecule has 1 N–H and O–H groups in total. The standard InChI is InChI=1S/C9H9FO/c10-9(6-7-11)8-4-2-1-3-5-8/h1-7,9,11H. The van der Waals surface area contributed by atoms with Crippen molar-refractivity contribution in [3.05, 3.63) is 48.2 Å². The molecule has 0 spiro atoms. The van der Waals surface area contributed by atoms with Crippen LogP contribution in [0.15, 0.2) is 42.7 Å². The zero-order valence-corrected chi connectivity index (χ0v) is 5.94. The summed E-state index contributed by atoms with van der Waals surface area (Å²) in [5, 5.41) is 8.28. The first-order valence-electron chi connectivity index (χ1n) is 3.34. The molecule has 58 valence electrons. The fraction of sp³-hybridized carbons (Fsp3) is 0.111. The van der Waals surface area contributed by atoms with E-state index in [0.717, 1.165) is 12.3 Å². The van der Waals surface area contributed by atoms with Gasteiger partial charge in [-0.05, 0) is 11.6 Å². The Morgan fingerprint density at radius 3 is 2.45 bits per heavy atom. The third-order valence-electron chi connectivity index (χ3n) is 1.37. The van der Waals surface area contributed by atoms with Crippen molar-refractivity contribution in [1.29, 1.82) is 0 Å². The van der Waals surface area contributed by atoms with E-state index in [9.17, 15) is 4.39 Å². The van der Waals surface area contributed by atoms with Gasteiger partial charge in [0.2, 0.25) is 0 Å². The van der Waals surface area contributed by atoms with Gasteiger partial charge in [0.25, 0.3) is 0 Å². The molecule has 1 nitrogen and oxygen atoms in total. The van der Waals surface area contributed by atoms with Gasteiger partial charge in [0.1, 0.15) is 6.17 Å². The predicted octanol–water partition coefficient (Wildman–Crippen LogP) is 2.77. The summed E-state index contributed by atoms with van der Waals surface area (Å²) in [6, 6.07) is 8.68. The van der Waals surface area contributed by atoms with Crippen LogP contribution in [0.3, 0.4) is 0 Å². The number of benzene rings is 1. The molecule has 0 fully saturated rings. The molecule has 1 aromatic carbocycles. The molecule has 0 saturated heterocycles. The van der Waals surface area contributed by atoms with Gasteiger partial charge >= 0.3 is 0 Å². The smallest absolute Gasteiger partial charge is 0.147 e. The maximum absolute atomic E-state index is 12.9. The van der Waals surface area contributed by atoms with Crippen molar-refractivity contribution in [2.45, 2.75) is 6.17 Å². The van der Waals surface area contributed by atoms with Crippen LogP contribution in [0, 0.1) is 0 Å². The summed E-state index contributed by atoms with van der Waals surface area (Å²) in [7, 11) is 0. The molecule has 1 atom stereocenters. The Labute approximate surface area is 64.8 Å². The molecule has 0 saturated carbocycles. The van der Waals surface area contributed by atoms with Crippen LogP contribution in [0.2, 0.25) is 0 Å². The van der Waals surface area contributed by atoms with E-state index in [0.29, 0.717) is 5.56 Å². The molecule has 1 rings (SSSR count). The first-order valence-corrected chi connectivity index (χ1v) is 3.34. The Balaban J connectivity index is 2.76. The van der Waals surface area contributed by atoms with Crippen molar-refractivity contribution >= 4 is 0 Å². The van der Waals surface area contributed by atoms with Gasteiger partial charge in [0.15, 0.2) is 0 Å². The first-order chi connectivity index (χ1) is 5.34. The van der Waals surface area contributed by atoms with E-state index in [4.69, 9.17) is 5.11 Å². The molecule has 0 bridgehead atoms. The third-order valence-corrected chi connectivity index (χ3v) is 1.37. The lowest BCUT2D eigenvalue weighted by Gasteiger charge is -2.00. The summed E-state index contributed by atoms with van der Waals surface area (Å²) < 4.78 is 12.9. The molecule has 0 aliphatic carbocycles. The molecule has 0 aliphatic heterocycles. The number of hydrogen-bond acceptors (Lipinski definition) is 1. The van der Waals surface area contributed by atoms with Gasteiger partial charge in [-0.15, -0.1) is 0 Å². The number of rotatable bonds is 2. The summed E-state index contributed by atoms with van der Waals surface area (Å²) in [6.07, 6.45) is 0.605. The number of alkyl halides is 1. The summed E-state index contributed by atoms with van der Waals surface area (Å²) in [4.78, 5) is 0. The molecule has 11 heavy (non-hydrogen) atoms. The quantitative estimate of drug-likeness (QED) is 0.646. The summed E-state index contributed by atoms with van der Waals surface area (Å²) >= 11 is 0. The molecule has 0 aliphatic rings. The van der Waals surface area contributed by atoms with Crippen LogP contribution in [0.25, 0.3) is 0 Å². The lowest BCUT2D eigenvalue weighted by molar-refractivity contribution is 0.396. The normalized spacial score (nSPS) is 13.5. The van der Waals surface area contributed by atoms with Crippen LogP contribution < -0.4 is 0 Å². The first kappa shape index (κ1) is 7.79. The molecule has 0 aromatic heterocycles. The van der Waals surface area contributed by atoms with Gasteiger partial charge in [-0.3, -0.25) is 0 Å². The molecule has 0 heterocycles. The van der Waals surface area contributed by atoms with Gasteiger partial charge in [-0.2, -0.15) is 0 Å². The maximum Gasteiger partial charge on any atom is 0.147 e. The Kier molecular flexibility index (Phi) is 2.66. The number of halogens is 1. The second kappa shape index (κ2) is 3.76. The molecule has 1 unspecified atom stereocenters. The minimum atomic E-state index is -1.21. The highest BCUT2D eigenvalue weighted by Crippen LogP contribution is 2.17. The van der Waals surface area contributed by atoms with Crippen molar-refractivity contribution in [2.24, 2.45) is 0 Å². The van der Waals surface area contributed by atoms with Crippen LogP contribution in [0.4, 0.5) is 4.39 Å². The van der Waals surface area contributed by atoms with Gasteiger partial charge in [0.05, 0.1) is 6.26 Å². The topological polar surface area (TPSA) is 20.2 Å². The fourth-order valence-electron chi connectivity index (χ4n) is 0.824. The van der Waals surface area contributed by atoms with E-state index in [-0.39, 0.29) is 0 Å². The molecule has 0 amide bonds. The fourth-order valence-corrected chi connectivity index (χ4v) is 0.824. The highest BCUT2D eigenvalue weighted by molar-refractivity contribution is 5.20. The van der Waals surface area contributed by atoms with Crippen molar-refractivity contribution < 1.29 is 9.50 Å². The molecular formula is C9H9FO. The van der Waals surface area contributed by atoms with E-state index < -0.39 is 6.17 Å². The number of aliphatic hydroxyl groups excluding tert-OH is 1. The number of allylic oxidation sites excluding steroid dienone is 1. The number of aliphatic hydroxyl groups is 1. The highest BCUT2D eigenvalue weighted by atomic mass is 19.1. The third kappa shape index (κ3) is 2.08. The van der Waals surface area contributed by atoms with Crippen molar-refractivity contribution in [2.75, 3.05) is 0 Å². The largest absolute Gasteiger partial charge is 0.516 e. The van der Waals surface area contributed by atoms with Crippen molar-refractivity contribution in [1.82, 2.24) is 0 Å². The molecule has 1 aromatic rings. The Hall–Kier alpha value is -1.31. The Bertz CT molecular complexity index is 231. The Morgan fingerprint density at radius 2 is 1.91 bits per heavy atom. The zero-order chi connectivity index (χ0) is 8.10. The van der Waals surface area contributed by atoms with Crippen LogP contribution >= 0.6 is 0 Å². The van der Waals surface area contributed by atoms with Crippen LogP contribution in [0.1, 0.15) is 11.7 Å². The maximum atomic E-state index is 12.9. The average molecular weight is 152 g/mol. The predicted molar refractivity (Wildman–Crippen MR) is 42.1 cm³/mol. The van der Waals surface area contributed by atoms with Crippen molar-refractivity contribution in [3.63, 3.8) is 0 Å². The minimum absolute atomic E-state index is 0.554. The second-order valence-corrected chi connectivity index (χ2v) is 2.15. The van der Waals surface area contributed by atoms with E-state index in [1.165, 1.54) is 0 Å². The highest BCUT2D eigenvalue weighted by Gasteiger charge is 2.02.